The van der Waals surface area contributed by atoms with Crippen molar-refractivity contribution in [3.63, 3.8) is 0 Å². The summed E-state index contributed by atoms with van der Waals surface area (Å²) < 4.78 is 0. The van der Waals surface area contributed by atoms with E-state index in [-0.39, 0.29) is 11.9 Å². The summed E-state index contributed by atoms with van der Waals surface area (Å²) in [6.07, 6.45) is 5.06. The van der Waals surface area contributed by atoms with E-state index in [1.807, 2.05) is 13.1 Å². The lowest BCUT2D eigenvalue weighted by molar-refractivity contribution is 0.0956. The molecule has 0 fully saturated rings. The van der Waals surface area contributed by atoms with Crippen LogP contribution in [0.4, 0.5) is 11.4 Å². The molecule has 2 aromatic rings. The molecule has 0 radical (unpaired) electrons. The smallest absolute Gasteiger partial charge is 0.253 e. The van der Waals surface area contributed by atoms with Crippen LogP contribution in [0.25, 0.3) is 0 Å². The number of hydrogen-bond donors (Lipinski definition) is 3. The zero-order valence-corrected chi connectivity index (χ0v) is 12.6. The Bertz CT molecular complexity index is 736. The van der Waals surface area contributed by atoms with Crippen LogP contribution in [0.15, 0.2) is 53.8 Å². The number of anilines is 1. The fourth-order valence-corrected chi connectivity index (χ4v) is 1.85. The number of pyridine rings is 1. The first-order chi connectivity index (χ1) is 11.2. The highest BCUT2D eigenvalue weighted by atomic mass is 16.1. The van der Waals surface area contributed by atoms with Crippen LogP contribution in [0, 0.1) is 11.5 Å². The molecule has 7 nitrogen and oxygen atoms in total. The molecule has 0 aliphatic carbocycles. The van der Waals surface area contributed by atoms with Crippen LogP contribution in [0.5, 0.6) is 0 Å². The first-order valence-electron chi connectivity index (χ1n) is 7.02. The molecule has 0 spiro atoms. The standard InChI is InChI=1S/C16H16N6O/c1-2-19-15(23)13-7-3-4-8-14(13)22-16(20-11-17)21-12-6-5-9-18-10-12/h3-10H,2H2,1H3,(H,19,23)(H2,20,21,22). The van der Waals surface area contributed by atoms with Gasteiger partial charge in [-0.25, -0.2) is 4.99 Å². The molecule has 0 aliphatic rings. The number of nitrogens with zero attached hydrogens (tertiary/aromatic N) is 3. The van der Waals surface area contributed by atoms with E-state index in [4.69, 9.17) is 5.26 Å². The number of nitrogens with one attached hydrogen (secondary N) is 3. The summed E-state index contributed by atoms with van der Waals surface area (Å²) in [7, 11) is 0. The largest absolute Gasteiger partial charge is 0.352 e. The van der Waals surface area contributed by atoms with Gasteiger partial charge in [0, 0.05) is 12.7 Å². The second-order valence-electron chi connectivity index (χ2n) is 4.44. The number of aliphatic imine (C=N–C) groups is 1. The van der Waals surface area contributed by atoms with Crippen molar-refractivity contribution in [2.45, 2.75) is 6.92 Å². The van der Waals surface area contributed by atoms with Gasteiger partial charge in [-0.05, 0) is 31.2 Å². The molecular weight excluding hydrogens is 292 g/mol. The Morgan fingerprint density at radius 1 is 1.30 bits per heavy atom. The maximum atomic E-state index is 12.1. The van der Waals surface area contributed by atoms with Crippen LogP contribution in [0.1, 0.15) is 17.3 Å². The lowest BCUT2D eigenvalue weighted by Crippen LogP contribution is -2.27. The monoisotopic (exact) mass is 308 g/mol. The molecule has 0 atom stereocenters. The van der Waals surface area contributed by atoms with Gasteiger partial charge in [0.1, 0.15) is 0 Å². The summed E-state index contributed by atoms with van der Waals surface area (Å²) in [6.45, 7) is 2.37. The Morgan fingerprint density at radius 3 is 2.83 bits per heavy atom. The van der Waals surface area contributed by atoms with Crippen molar-refractivity contribution < 1.29 is 4.79 Å². The molecule has 0 bridgehead atoms. The van der Waals surface area contributed by atoms with Crippen LogP contribution >= 0.6 is 0 Å². The van der Waals surface area contributed by atoms with E-state index in [1.54, 1.807) is 48.8 Å². The Labute approximate surface area is 134 Å². The summed E-state index contributed by atoms with van der Waals surface area (Å²) >= 11 is 0. The third-order valence-electron chi connectivity index (χ3n) is 2.82. The second-order valence-corrected chi connectivity index (χ2v) is 4.44. The van der Waals surface area contributed by atoms with Crippen LogP contribution in [-0.2, 0) is 0 Å². The third-order valence-corrected chi connectivity index (χ3v) is 2.82. The van der Waals surface area contributed by atoms with Gasteiger partial charge in [0.15, 0.2) is 6.19 Å². The predicted octanol–water partition coefficient (Wildman–Crippen LogP) is 2.00. The number of rotatable bonds is 4. The third kappa shape index (κ3) is 4.54. The van der Waals surface area contributed by atoms with Gasteiger partial charge >= 0.3 is 0 Å². The van der Waals surface area contributed by atoms with E-state index in [0.717, 1.165) is 0 Å². The van der Waals surface area contributed by atoms with Crippen molar-refractivity contribution >= 4 is 23.2 Å². The maximum absolute atomic E-state index is 12.1. The van der Waals surface area contributed by atoms with Crippen molar-refractivity contribution in [2.75, 3.05) is 11.9 Å². The van der Waals surface area contributed by atoms with Gasteiger partial charge < -0.3 is 10.6 Å². The lowest BCUT2D eigenvalue weighted by atomic mass is 10.1. The topological polar surface area (TPSA) is 102 Å². The minimum absolute atomic E-state index is 0.206. The van der Waals surface area contributed by atoms with Crippen LogP contribution in [0.3, 0.4) is 0 Å². The number of hydrogen-bond acceptors (Lipinski definition) is 4. The number of aromatic nitrogens is 1. The Kier molecular flexibility index (Phi) is 5.66. The molecular formula is C16H16N6O. The molecule has 3 N–H and O–H groups in total. The fraction of sp³-hybridized carbons (Fsp3) is 0.125. The van der Waals surface area contributed by atoms with Gasteiger partial charge in [0.2, 0.25) is 5.96 Å². The number of carbonyl (C=O) groups is 1. The number of carbonyl (C=O) groups excluding carboxylic acids is 1. The molecule has 23 heavy (non-hydrogen) atoms. The van der Waals surface area contributed by atoms with E-state index < -0.39 is 0 Å². The van der Waals surface area contributed by atoms with E-state index in [2.05, 4.69) is 25.9 Å². The van der Waals surface area contributed by atoms with Gasteiger partial charge in [-0.2, -0.15) is 5.26 Å². The summed E-state index contributed by atoms with van der Waals surface area (Å²) in [5.41, 5.74) is 1.55. The number of para-hydroxylation sites is 1. The molecule has 0 saturated heterocycles. The van der Waals surface area contributed by atoms with Crippen molar-refractivity contribution in [3.05, 3.63) is 54.4 Å². The fourth-order valence-electron chi connectivity index (χ4n) is 1.85. The maximum Gasteiger partial charge on any atom is 0.253 e. The molecule has 1 aromatic heterocycles. The highest BCUT2D eigenvalue weighted by molar-refractivity contribution is 6.02. The molecule has 0 aliphatic heterocycles. The van der Waals surface area contributed by atoms with Crippen LogP contribution in [-0.4, -0.2) is 23.4 Å². The zero-order chi connectivity index (χ0) is 16.5. The van der Waals surface area contributed by atoms with E-state index in [0.29, 0.717) is 23.5 Å². The highest BCUT2D eigenvalue weighted by Gasteiger charge is 2.10. The summed E-state index contributed by atoms with van der Waals surface area (Å²) in [5.74, 6) is -0.0122. The number of nitriles is 1. The van der Waals surface area contributed by atoms with Gasteiger partial charge in [0.05, 0.1) is 23.1 Å². The predicted molar refractivity (Wildman–Crippen MR) is 88.2 cm³/mol. The minimum Gasteiger partial charge on any atom is -0.352 e. The van der Waals surface area contributed by atoms with E-state index >= 15 is 0 Å². The number of benzene rings is 1. The summed E-state index contributed by atoms with van der Waals surface area (Å²) in [4.78, 5) is 20.4. The zero-order valence-electron chi connectivity index (χ0n) is 12.6. The highest BCUT2D eigenvalue weighted by Crippen LogP contribution is 2.19. The van der Waals surface area contributed by atoms with E-state index in [9.17, 15) is 4.79 Å². The molecule has 0 unspecified atom stereocenters. The van der Waals surface area contributed by atoms with Gasteiger partial charge in [-0.1, -0.05) is 12.1 Å². The van der Waals surface area contributed by atoms with Crippen LogP contribution in [0.2, 0.25) is 0 Å². The van der Waals surface area contributed by atoms with Gasteiger partial charge in [-0.3, -0.25) is 15.1 Å². The van der Waals surface area contributed by atoms with Crippen LogP contribution < -0.4 is 16.0 Å². The summed E-state index contributed by atoms with van der Waals surface area (Å²) in [6, 6.07) is 10.5. The van der Waals surface area contributed by atoms with Crippen molar-refractivity contribution in [1.82, 2.24) is 15.6 Å². The first-order valence-corrected chi connectivity index (χ1v) is 7.02. The molecule has 1 aromatic carbocycles. The SMILES string of the molecule is CCNC(=O)c1ccccc1N=C(NC#N)Nc1cccnc1. The number of amides is 1. The Balaban J connectivity index is 2.32. The quantitative estimate of drug-likeness (QED) is 0.347. The average molecular weight is 308 g/mol. The molecule has 7 heteroatoms. The molecule has 2 rings (SSSR count). The lowest BCUT2D eigenvalue weighted by Gasteiger charge is -2.09. The Hall–Kier alpha value is -3.40. The first kappa shape index (κ1) is 16.0. The van der Waals surface area contributed by atoms with Crippen molar-refractivity contribution in [2.24, 2.45) is 4.99 Å². The molecule has 1 heterocycles. The van der Waals surface area contributed by atoms with Gasteiger partial charge in [-0.15, -0.1) is 0 Å². The second kappa shape index (κ2) is 8.14. The molecule has 116 valence electrons. The molecule has 0 saturated carbocycles. The van der Waals surface area contributed by atoms with Gasteiger partial charge in [0.25, 0.3) is 5.91 Å². The van der Waals surface area contributed by atoms with Crippen molar-refractivity contribution in [1.29, 1.82) is 5.26 Å². The van der Waals surface area contributed by atoms with E-state index in [1.165, 1.54) is 0 Å². The number of guanidine groups is 1. The average Bonchev–Trinajstić information content (AvgIpc) is 2.57. The summed E-state index contributed by atoms with van der Waals surface area (Å²) in [5, 5.41) is 17.0. The van der Waals surface area contributed by atoms with Crippen molar-refractivity contribution in [3.8, 4) is 6.19 Å². The molecule has 1 amide bonds. The Morgan fingerprint density at radius 2 is 2.13 bits per heavy atom. The minimum atomic E-state index is -0.218. The normalized spacial score (nSPS) is 10.5.